The number of aromatic nitrogens is 4. The molecular weight excluding hydrogens is 244 g/mol. The van der Waals surface area contributed by atoms with Crippen molar-refractivity contribution in [1.82, 2.24) is 19.8 Å². The van der Waals surface area contributed by atoms with Gasteiger partial charge in [-0.3, -0.25) is 0 Å². The van der Waals surface area contributed by atoms with Gasteiger partial charge in [0.05, 0.1) is 0 Å². The first-order chi connectivity index (χ1) is 8.69. The lowest BCUT2D eigenvalue weighted by Crippen LogP contribution is -1.93. The van der Waals surface area contributed by atoms with Crippen molar-refractivity contribution in [1.29, 1.82) is 0 Å². The van der Waals surface area contributed by atoms with Crippen LogP contribution in [0.2, 0.25) is 0 Å². The molecule has 0 aliphatic carbocycles. The number of hydrogen-bond acceptors (Lipinski definition) is 4. The molecule has 2 heterocycles. The van der Waals surface area contributed by atoms with Gasteiger partial charge in [-0.1, -0.05) is 30.4 Å². The van der Waals surface area contributed by atoms with Gasteiger partial charge in [0.25, 0.3) is 0 Å². The number of nitrogens with zero attached hydrogens (tertiary/aromatic N) is 4. The molecule has 5 heteroatoms. The molecule has 0 unspecified atom stereocenters. The molecule has 0 aliphatic rings. The highest BCUT2D eigenvalue weighted by Gasteiger charge is 2.11. The first-order valence-electron chi connectivity index (χ1n) is 5.97. The van der Waals surface area contributed by atoms with Crippen molar-refractivity contribution in [2.75, 3.05) is 0 Å². The Hall–Kier alpha value is -1.75. The SMILES string of the molecule is CCc1nnc2sc(-c3ccc(C)c(C)c3)nn12. The van der Waals surface area contributed by atoms with Gasteiger partial charge in [-0.25, -0.2) is 0 Å². The zero-order chi connectivity index (χ0) is 12.7. The molecule has 0 saturated heterocycles. The zero-order valence-corrected chi connectivity index (χ0v) is 11.5. The van der Waals surface area contributed by atoms with E-state index in [-0.39, 0.29) is 0 Å². The lowest BCUT2D eigenvalue weighted by Gasteiger charge is -2.01. The molecule has 0 aliphatic heterocycles. The summed E-state index contributed by atoms with van der Waals surface area (Å²) in [4.78, 5) is 0.861. The van der Waals surface area contributed by atoms with E-state index in [2.05, 4.69) is 54.3 Å². The molecular formula is C13H14N4S. The Morgan fingerprint density at radius 2 is 2.00 bits per heavy atom. The summed E-state index contributed by atoms with van der Waals surface area (Å²) >= 11 is 1.58. The molecule has 3 rings (SSSR count). The summed E-state index contributed by atoms with van der Waals surface area (Å²) in [5.74, 6) is 0.913. The molecule has 0 atom stereocenters. The van der Waals surface area contributed by atoms with E-state index in [0.29, 0.717) is 0 Å². The smallest absolute Gasteiger partial charge is 0.187 e. The Morgan fingerprint density at radius 3 is 2.72 bits per heavy atom. The Bertz CT molecular complexity index is 711. The van der Waals surface area contributed by atoms with E-state index >= 15 is 0 Å². The molecule has 0 N–H and O–H groups in total. The van der Waals surface area contributed by atoms with Crippen LogP contribution in [0, 0.1) is 13.8 Å². The topological polar surface area (TPSA) is 43.1 Å². The molecule has 0 bridgehead atoms. The average Bonchev–Trinajstić information content (AvgIpc) is 2.92. The number of rotatable bonds is 2. The molecule has 18 heavy (non-hydrogen) atoms. The van der Waals surface area contributed by atoms with Crippen molar-refractivity contribution in [3.05, 3.63) is 35.2 Å². The van der Waals surface area contributed by atoms with Crippen LogP contribution in [0.15, 0.2) is 18.2 Å². The summed E-state index contributed by atoms with van der Waals surface area (Å²) in [7, 11) is 0. The van der Waals surface area contributed by atoms with Gasteiger partial charge in [-0.05, 0) is 31.0 Å². The predicted octanol–water partition coefficient (Wildman–Crippen LogP) is 3.03. The van der Waals surface area contributed by atoms with E-state index in [1.807, 2.05) is 4.52 Å². The fraction of sp³-hybridized carbons (Fsp3) is 0.308. The maximum atomic E-state index is 4.59. The second-order valence-electron chi connectivity index (χ2n) is 4.37. The molecule has 92 valence electrons. The summed E-state index contributed by atoms with van der Waals surface area (Å²) in [6.07, 6.45) is 0.845. The van der Waals surface area contributed by atoms with Gasteiger partial charge in [0.15, 0.2) is 5.82 Å². The average molecular weight is 258 g/mol. The summed E-state index contributed by atoms with van der Waals surface area (Å²) in [6.45, 7) is 6.30. The van der Waals surface area contributed by atoms with E-state index in [9.17, 15) is 0 Å². The van der Waals surface area contributed by atoms with Gasteiger partial charge >= 0.3 is 0 Å². The minimum Gasteiger partial charge on any atom is -0.187 e. The Morgan fingerprint density at radius 1 is 1.17 bits per heavy atom. The van der Waals surface area contributed by atoms with Crippen LogP contribution < -0.4 is 0 Å². The second kappa shape index (κ2) is 4.17. The van der Waals surface area contributed by atoms with E-state index in [1.165, 1.54) is 11.1 Å². The number of benzene rings is 1. The molecule has 4 nitrogen and oxygen atoms in total. The Balaban J connectivity index is 2.13. The first kappa shape index (κ1) is 11.3. The first-order valence-corrected chi connectivity index (χ1v) is 6.79. The van der Waals surface area contributed by atoms with Crippen molar-refractivity contribution >= 4 is 16.3 Å². The van der Waals surface area contributed by atoms with Crippen molar-refractivity contribution in [3.8, 4) is 10.6 Å². The van der Waals surface area contributed by atoms with E-state index in [1.54, 1.807) is 11.3 Å². The van der Waals surface area contributed by atoms with Gasteiger partial charge < -0.3 is 0 Å². The van der Waals surface area contributed by atoms with Crippen LogP contribution in [0.5, 0.6) is 0 Å². The molecule has 0 spiro atoms. The monoisotopic (exact) mass is 258 g/mol. The molecule has 0 saturated carbocycles. The summed E-state index contributed by atoms with van der Waals surface area (Å²) in [5.41, 5.74) is 3.74. The van der Waals surface area contributed by atoms with Crippen molar-refractivity contribution in [2.24, 2.45) is 0 Å². The molecule has 0 fully saturated rings. The summed E-state index contributed by atoms with van der Waals surface area (Å²) in [5, 5.41) is 13.8. The largest absolute Gasteiger partial charge is 0.234 e. The minimum absolute atomic E-state index is 0.845. The van der Waals surface area contributed by atoms with Crippen LogP contribution in [0.4, 0.5) is 0 Å². The van der Waals surface area contributed by atoms with E-state index in [0.717, 1.165) is 27.8 Å². The lowest BCUT2D eigenvalue weighted by molar-refractivity contribution is 0.838. The number of hydrogen-bond donors (Lipinski definition) is 0. The van der Waals surface area contributed by atoms with Gasteiger partial charge in [-0.15, -0.1) is 10.2 Å². The van der Waals surface area contributed by atoms with Crippen LogP contribution >= 0.6 is 11.3 Å². The fourth-order valence-electron chi connectivity index (χ4n) is 1.87. The second-order valence-corrected chi connectivity index (χ2v) is 5.33. The van der Waals surface area contributed by atoms with E-state index < -0.39 is 0 Å². The Kier molecular flexibility index (Phi) is 2.63. The van der Waals surface area contributed by atoms with Crippen LogP contribution in [-0.4, -0.2) is 19.8 Å². The lowest BCUT2D eigenvalue weighted by atomic mass is 10.1. The molecule has 3 aromatic rings. The standard InChI is InChI=1S/C13H14N4S/c1-4-11-14-15-13-17(11)16-12(18-13)10-6-5-8(2)9(3)7-10/h5-7H,4H2,1-3H3. The van der Waals surface area contributed by atoms with Gasteiger partial charge in [0.1, 0.15) is 5.01 Å². The maximum absolute atomic E-state index is 4.59. The van der Waals surface area contributed by atoms with Gasteiger partial charge in [-0.2, -0.15) is 9.61 Å². The van der Waals surface area contributed by atoms with Crippen molar-refractivity contribution in [3.63, 3.8) is 0 Å². The van der Waals surface area contributed by atoms with Crippen LogP contribution in [0.3, 0.4) is 0 Å². The third kappa shape index (κ3) is 1.71. The number of aryl methyl sites for hydroxylation is 3. The molecule has 1 aromatic carbocycles. The minimum atomic E-state index is 0.845. The maximum Gasteiger partial charge on any atom is 0.234 e. The molecule has 2 aromatic heterocycles. The van der Waals surface area contributed by atoms with Gasteiger partial charge in [0.2, 0.25) is 4.96 Å². The third-order valence-electron chi connectivity index (χ3n) is 3.13. The summed E-state index contributed by atoms with van der Waals surface area (Å²) in [6, 6.07) is 6.42. The molecule has 0 amide bonds. The highest BCUT2D eigenvalue weighted by Crippen LogP contribution is 2.26. The van der Waals surface area contributed by atoms with Crippen LogP contribution in [0.1, 0.15) is 23.9 Å². The van der Waals surface area contributed by atoms with E-state index in [4.69, 9.17) is 0 Å². The third-order valence-corrected chi connectivity index (χ3v) is 4.07. The summed E-state index contributed by atoms with van der Waals surface area (Å²) < 4.78 is 1.84. The molecule has 0 radical (unpaired) electrons. The fourth-order valence-corrected chi connectivity index (χ4v) is 2.72. The van der Waals surface area contributed by atoms with Gasteiger partial charge in [0, 0.05) is 12.0 Å². The van der Waals surface area contributed by atoms with Crippen molar-refractivity contribution in [2.45, 2.75) is 27.2 Å². The quantitative estimate of drug-likeness (QED) is 0.709. The van der Waals surface area contributed by atoms with Crippen molar-refractivity contribution < 1.29 is 0 Å². The zero-order valence-electron chi connectivity index (χ0n) is 10.6. The highest BCUT2D eigenvalue weighted by atomic mass is 32.1. The highest BCUT2D eigenvalue weighted by molar-refractivity contribution is 7.19. The van der Waals surface area contributed by atoms with Crippen LogP contribution in [0.25, 0.3) is 15.5 Å². The number of fused-ring (bicyclic) bond motifs is 1. The Labute approximate surface area is 109 Å². The normalized spacial score (nSPS) is 11.3. The predicted molar refractivity (Wildman–Crippen MR) is 72.9 cm³/mol. The van der Waals surface area contributed by atoms with Crippen LogP contribution in [-0.2, 0) is 6.42 Å².